The lowest BCUT2D eigenvalue weighted by Crippen LogP contribution is -2.27. The van der Waals surface area contributed by atoms with Crippen molar-refractivity contribution in [1.29, 1.82) is 0 Å². The Labute approximate surface area is 617 Å². The van der Waals surface area contributed by atoms with Crippen LogP contribution in [0.2, 0.25) is 0 Å². The molecule has 508 valence electrons. The summed E-state index contributed by atoms with van der Waals surface area (Å²) < 4.78 is 0. The van der Waals surface area contributed by atoms with Gasteiger partial charge in [-0.05, 0) is 230 Å². The molecule has 0 aliphatic heterocycles. The average Bonchev–Trinajstić information content (AvgIpc) is 1.53. The van der Waals surface area contributed by atoms with Gasteiger partial charge in [0.2, 0.25) is 0 Å². The number of fused-ring (bicyclic) bond motifs is 6. The molecule has 16 rings (SSSR count). The lowest BCUT2D eigenvalue weighted by molar-refractivity contribution is 0.510. The van der Waals surface area contributed by atoms with Crippen molar-refractivity contribution in [2.45, 2.75) is 101 Å². The van der Waals surface area contributed by atoms with Crippen LogP contribution in [0, 0.1) is 0 Å². The van der Waals surface area contributed by atoms with Gasteiger partial charge in [0.1, 0.15) is 0 Å². The molecule has 0 aromatic heterocycles. The normalized spacial score (nSPS) is 15.4. The van der Waals surface area contributed by atoms with Gasteiger partial charge in [0.25, 0.3) is 0 Å². The summed E-state index contributed by atoms with van der Waals surface area (Å²) in [4.78, 5) is 4.95. The van der Waals surface area contributed by atoms with Crippen LogP contribution in [0.15, 0.2) is 370 Å². The minimum atomic E-state index is -0.329. The molecule has 104 heavy (non-hydrogen) atoms. The van der Waals surface area contributed by atoms with Gasteiger partial charge in [-0.3, -0.25) is 0 Å². The van der Waals surface area contributed by atoms with Crippen molar-refractivity contribution < 1.29 is 0 Å². The molecule has 0 amide bonds. The summed E-state index contributed by atoms with van der Waals surface area (Å²) in [5.41, 5.74) is 32.3. The van der Waals surface area contributed by atoms with E-state index in [0.717, 1.165) is 90.2 Å². The first kappa shape index (κ1) is 66.9. The van der Waals surface area contributed by atoms with Crippen LogP contribution in [0.1, 0.15) is 128 Å². The van der Waals surface area contributed by atoms with E-state index in [4.69, 9.17) is 0 Å². The molecule has 13 aromatic carbocycles. The Bertz CT molecular complexity index is 5190. The first-order chi connectivity index (χ1) is 51.4. The molecule has 2 heteroatoms. The third-order valence-electron chi connectivity index (χ3n) is 22.7. The van der Waals surface area contributed by atoms with E-state index in [1.165, 1.54) is 140 Å². The summed E-state index contributed by atoms with van der Waals surface area (Å²) in [6.45, 7) is 7.97. The zero-order valence-corrected chi connectivity index (χ0v) is 59.7. The van der Waals surface area contributed by atoms with E-state index in [1.807, 2.05) is 12.2 Å². The maximum Gasteiger partial charge on any atom is 0.0465 e. The summed E-state index contributed by atoms with van der Waals surface area (Å²) in [6.07, 6.45) is 24.6. The molecule has 13 aromatic rings. The van der Waals surface area contributed by atoms with Gasteiger partial charge in [-0.2, -0.15) is 0 Å². The monoisotopic (exact) mass is 1340 g/mol. The molecule has 0 heterocycles. The fourth-order valence-corrected chi connectivity index (χ4v) is 17.3. The fourth-order valence-electron chi connectivity index (χ4n) is 17.3. The van der Waals surface area contributed by atoms with Crippen LogP contribution >= 0.6 is 0 Å². The van der Waals surface area contributed by atoms with E-state index in [0.29, 0.717) is 0 Å². The maximum atomic E-state index is 4.01. The third kappa shape index (κ3) is 13.4. The second kappa shape index (κ2) is 30.5. The second-order valence-electron chi connectivity index (χ2n) is 28.7. The van der Waals surface area contributed by atoms with Gasteiger partial charge in [-0.1, -0.05) is 336 Å². The number of aryl methyl sites for hydroxylation is 1. The first-order valence-corrected chi connectivity index (χ1v) is 37.9. The van der Waals surface area contributed by atoms with Gasteiger partial charge in [0.15, 0.2) is 0 Å². The minimum absolute atomic E-state index is 0.319. The first-order valence-electron chi connectivity index (χ1n) is 37.9. The number of hydrogen-bond donors (Lipinski definition) is 0. The summed E-state index contributed by atoms with van der Waals surface area (Å²) in [5, 5.41) is 0. The summed E-state index contributed by atoms with van der Waals surface area (Å²) >= 11 is 0. The topological polar surface area (TPSA) is 6.48 Å². The largest absolute Gasteiger partial charge is 0.310 e. The standard InChI is InChI=1S/C102H90N2/c1-3-75-43-47-77(48-44-75)29-13-5-7-27-71-101(85-35-19-11-20-36-85)97-41-25-23-39-93(97)95-69-67-91(73-99(95)101)103(87-59-51-81(52-60-87)79-31-15-9-16-32-79)89-63-55-83(56-64-89)84-57-65-90(66-58-84)104(88-61-53-82(54-62-88)80-33-17-10-18-34-80)92-68-70-96-94-40-24-26-42-98(94)102(100(96)74-92,86-37-21-12-22-38-86)72-28-8-6-14-30-78-49-45-76(4-2)46-50-78/h3-4,9-12,15-26,31-45,47-49,51-70,73-74H,1-2,5-8,13-14,27-30,46,50,71-72H2. The summed E-state index contributed by atoms with van der Waals surface area (Å²) in [6, 6.07) is 123. The number of unbranched alkanes of at least 4 members (excludes halogenated alkanes) is 6. The number of rotatable bonds is 27. The number of allylic oxidation sites excluding steroid dienone is 5. The van der Waals surface area contributed by atoms with E-state index in [9.17, 15) is 0 Å². The van der Waals surface area contributed by atoms with Gasteiger partial charge in [0, 0.05) is 45.0 Å². The number of nitrogens with zero attached hydrogens (tertiary/aromatic N) is 2. The minimum Gasteiger partial charge on any atom is -0.310 e. The highest BCUT2D eigenvalue weighted by molar-refractivity contribution is 5.91. The van der Waals surface area contributed by atoms with Crippen LogP contribution in [-0.2, 0) is 17.3 Å². The Morgan fingerprint density at radius 1 is 0.279 bits per heavy atom. The molecule has 0 fully saturated rings. The molecule has 0 spiro atoms. The van der Waals surface area contributed by atoms with Crippen molar-refractivity contribution in [3.8, 4) is 55.6 Å². The summed E-state index contributed by atoms with van der Waals surface area (Å²) in [7, 11) is 0. The number of anilines is 6. The van der Waals surface area contributed by atoms with Crippen molar-refractivity contribution in [1.82, 2.24) is 0 Å². The Balaban J connectivity index is 0.733. The number of hydrogen-bond acceptors (Lipinski definition) is 2. The summed E-state index contributed by atoms with van der Waals surface area (Å²) in [5.74, 6) is 0. The molecular weight excluding hydrogens is 1250 g/mol. The highest BCUT2D eigenvalue weighted by atomic mass is 15.1. The maximum absolute atomic E-state index is 4.01. The van der Waals surface area contributed by atoms with Crippen LogP contribution in [-0.4, -0.2) is 0 Å². The predicted molar refractivity (Wildman–Crippen MR) is 442 cm³/mol. The third-order valence-corrected chi connectivity index (χ3v) is 22.7. The van der Waals surface area contributed by atoms with Crippen LogP contribution in [0.25, 0.3) is 61.7 Å². The van der Waals surface area contributed by atoms with Crippen LogP contribution in [0.4, 0.5) is 34.1 Å². The highest BCUT2D eigenvalue weighted by Crippen LogP contribution is 2.59. The van der Waals surface area contributed by atoms with Gasteiger partial charge in [0.05, 0.1) is 0 Å². The second-order valence-corrected chi connectivity index (χ2v) is 28.7. The smallest absolute Gasteiger partial charge is 0.0465 e. The van der Waals surface area contributed by atoms with E-state index in [1.54, 1.807) is 5.57 Å². The van der Waals surface area contributed by atoms with Gasteiger partial charge in [-0.25, -0.2) is 0 Å². The molecule has 0 radical (unpaired) electrons. The van der Waals surface area contributed by atoms with Gasteiger partial charge in [-0.15, -0.1) is 0 Å². The Kier molecular flexibility index (Phi) is 19.7. The van der Waals surface area contributed by atoms with E-state index < -0.39 is 0 Å². The molecule has 3 aliphatic rings. The van der Waals surface area contributed by atoms with Gasteiger partial charge >= 0.3 is 0 Å². The average molecular weight is 1340 g/mol. The quantitative estimate of drug-likeness (QED) is 0.0474. The van der Waals surface area contributed by atoms with E-state index in [-0.39, 0.29) is 10.8 Å². The van der Waals surface area contributed by atoms with Crippen molar-refractivity contribution in [2.24, 2.45) is 0 Å². The van der Waals surface area contributed by atoms with Crippen molar-refractivity contribution in [3.63, 3.8) is 0 Å². The van der Waals surface area contributed by atoms with E-state index >= 15 is 0 Å². The predicted octanol–water partition coefficient (Wildman–Crippen LogP) is 28.3. The van der Waals surface area contributed by atoms with E-state index in [2.05, 4.69) is 363 Å². The van der Waals surface area contributed by atoms with Crippen molar-refractivity contribution in [3.05, 3.63) is 415 Å². The number of benzene rings is 13. The lowest BCUT2D eigenvalue weighted by Gasteiger charge is -2.34. The highest BCUT2D eigenvalue weighted by Gasteiger charge is 2.46. The van der Waals surface area contributed by atoms with Gasteiger partial charge < -0.3 is 9.80 Å². The zero-order chi connectivity index (χ0) is 70.1. The molecule has 2 nitrogen and oxygen atoms in total. The van der Waals surface area contributed by atoms with Crippen LogP contribution < -0.4 is 9.80 Å². The van der Waals surface area contributed by atoms with Crippen LogP contribution in [0.5, 0.6) is 0 Å². The Morgan fingerprint density at radius 2 is 0.635 bits per heavy atom. The Hall–Kier alpha value is -11.6. The fraction of sp³-hybridized carbons (Fsp3) is 0.157. The molecule has 0 saturated carbocycles. The molecule has 0 bridgehead atoms. The molecule has 3 aliphatic carbocycles. The molecule has 0 N–H and O–H groups in total. The van der Waals surface area contributed by atoms with Crippen LogP contribution in [0.3, 0.4) is 0 Å². The Morgan fingerprint density at radius 3 is 1.03 bits per heavy atom. The molecule has 2 atom stereocenters. The molecule has 0 saturated heterocycles. The molecule has 2 unspecified atom stereocenters. The lowest BCUT2D eigenvalue weighted by atomic mass is 9.69. The SMILES string of the molecule is C=CC1=CC=C(CCCCCCC2(c3ccccc3)c3ccccc3-c3ccc(N(c4ccc(-c5ccccc5)cc4)c4ccc(-c5ccc(N(c6ccc(-c7ccccc7)cc6)c6ccc7c(c6)C(CCCCCCc6ccc(C=C)cc6)(c6ccccc6)c6ccccc6-7)cc5)cc4)cc32)CC1. The zero-order valence-electron chi connectivity index (χ0n) is 59.7. The van der Waals surface area contributed by atoms with Crippen molar-refractivity contribution >= 4 is 40.2 Å². The van der Waals surface area contributed by atoms with Crippen molar-refractivity contribution in [2.75, 3.05) is 9.80 Å². The molecular formula is C102H90N2.